The maximum Gasteiger partial charge on any atom is 0.108 e. The van der Waals surface area contributed by atoms with Gasteiger partial charge in [0.2, 0.25) is 0 Å². The molecular formula is C13H16O2. The second-order valence-corrected chi connectivity index (χ2v) is 3.39. The molecule has 80 valence electrons. The smallest absolute Gasteiger partial charge is 0.108 e. The van der Waals surface area contributed by atoms with Crippen molar-refractivity contribution in [1.82, 2.24) is 0 Å². The van der Waals surface area contributed by atoms with Gasteiger partial charge in [0, 0.05) is 6.42 Å². The third-order valence-electron chi connectivity index (χ3n) is 1.81. The van der Waals surface area contributed by atoms with E-state index >= 15 is 0 Å². The van der Waals surface area contributed by atoms with Gasteiger partial charge in [-0.1, -0.05) is 42.2 Å². The van der Waals surface area contributed by atoms with Crippen molar-refractivity contribution in [2.75, 3.05) is 6.61 Å². The van der Waals surface area contributed by atoms with Gasteiger partial charge in [-0.3, -0.25) is 0 Å². The molecule has 0 spiro atoms. The fourth-order valence-electron chi connectivity index (χ4n) is 1.07. The Labute approximate surface area is 90.9 Å². The van der Waals surface area contributed by atoms with Crippen molar-refractivity contribution in [1.29, 1.82) is 0 Å². The number of ether oxygens (including phenoxy) is 1. The molecule has 1 unspecified atom stereocenters. The molecule has 0 aliphatic carbocycles. The van der Waals surface area contributed by atoms with Crippen LogP contribution in [0.2, 0.25) is 0 Å². The standard InChI is InChI=1S/C13H16O2/c1-12(14)7-5-6-10-15-11-13-8-3-2-4-9-13/h2-4,8-9,12,14H,7,10-11H2,1H3. The van der Waals surface area contributed by atoms with E-state index in [-0.39, 0.29) is 6.10 Å². The Kier molecular flexibility index (Phi) is 5.54. The molecule has 0 amide bonds. The highest BCUT2D eigenvalue weighted by Gasteiger charge is 1.90. The van der Waals surface area contributed by atoms with Gasteiger partial charge < -0.3 is 9.84 Å². The molecule has 0 aliphatic heterocycles. The lowest BCUT2D eigenvalue weighted by molar-refractivity contribution is 0.153. The zero-order chi connectivity index (χ0) is 10.9. The van der Waals surface area contributed by atoms with Gasteiger partial charge >= 0.3 is 0 Å². The van der Waals surface area contributed by atoms with Crippen LogP contribution < -0.4 is 0 Å². The van der Waals surface area contributed by atoms with Crippen molar-refractivity contribution in [3.63, 3.8) is 0 Å². The molecule has 0 aromatic heterocycles. The van der Waals surface area contributed by atoms with Crippen molar-refractivity contribution < 1.29 is 9.84 Å². The molecular weight excluding hydrogens is 188 g/mol. The van der Waals surface area contributed by atoms with Gasteiger partial charge in [0.25, 0.3) is 0 Å². The first kappa shape index (κ1) is 11.8. The van der Waals surface area contributed by atoms with Gasteiger partial charge in [-0.15, -0.1) is 0 Å². The molecule has 15 heavy (non-hydrogen) atoms. The van der Waals surface area contributed by atoms with E-state index in [1.807, 2.05) is 30.3 Å². The minimum atomic E-state index is -0.355. The van der Waals surface area contributed by atoms with E-state index in [2.05, 4.69) is 11.8 Å². The van der Waals surface area contributed by atoms with Crippen LogP contribution in [0, 0.1) is 11.8 Å². The monoisotopic (exact) mass is 204 g/mol. The van der Waals surface area contributed by atoms with Gasteiger partial charge in [0.1, 0.15) is 6.61 Å². The maximum absolute atomic E-state index is 8.94. The van der Waals surface area contributed by atoms with Crippen molar-refractivity contribution in [2.24, 2.45) is 0 Å². The highest BCUT2D eigenvalue weighted by atomic mass is 16.5. The molecule has 1 N–H and O–H groups in total. The molecule has 0 fully saturated rings. The van der Waals surface area contributed by atoms with Crippen LogP contribution in [0.5, 0.6) is 0 Å². The summed E-state index contributed by atoms with van der Waals surface area (Å²) in [4.78, 5) is 0. The number of aliphatic hydroxyl groups is 1. The Balaban J connectivity index is 2.14. The van der Waals surface area contributed by atoms with Crippen LogP contribution in [0.15, 0.2) is 30.3 Å². The summed E-state index contributed by atoms with van der Waals surface area (Å²) in [6.07, 6.45) is 0.154. The SMILES string of the molecule is CC(O)CC#CCOCc1ccccc1. The van der Waals surface area contributed by atoms with Crippen LogP contribution in [-0.2, 0) is 11.3 Å². The van der Waals surface area contributed by atoms with Crippen LogP contribution in [0.3, 0.4) is 0 Å². The Morgan fingerprint density at radius 1 is 1.27 bits per heavy atom. The third-order valence-corrected chi connectivity index (χ3v) is 1.81. The Morgan fingerprint density at radius 3 is 2.67 bits per heavy atom. The van der Waals surface area contributed by atoms with E-state index in [0.717, 1.165) is 5.56 Å². The van der Waals surface area contributed by atoms with Crippen LogP contribution in [0.1, 0.15) is 18.9 Å². The predicted octanol–water partition coefficient (Wildman–Crippen LogP) is 1.98. The van der Waals surface area contributed by atoms with E-state index in [1.54, 1.807) is 6.92 Å². The first-order chi connectivity index (χ1) is 7.29. The molecule has 0 radical (unpaired) electrons. The molecule has 0 heterocycles. The van der Waals surface area contributed by atoms with Crippen LogP contribution in [0.25, 0.3) is 0 Å². The summed E-state index contributed by atoms with van der Waals surface area (Å²) >= 11 is 0. The zero-order valence-electron chi connectivity index (χ0n) is 8.94. The van der Waals surface area contributed by atoms with Gasteiger partial charge in [0.15, 0.2) is 0 Å². The minimum Gasteiger partial charge on any atom is -0.392 e. The van der Waals surface area contributed by atoms with Gasteiger partial charge in [0.05, 0.1) is 12.7 Å². The van der Waals surface area contributed by atoms with Crippen LogP contribution >= 0.6 is 0 Å². The topological polar surface area (TPSA) is 29.5 Å². The summed E-state index contributed by atoms with van der Waals surface area (Å²) < 4.78 is 5.35. The summed E-state index contributed by atoms with van der Waals surface area (Å²) in [7, 11) is 0. The van der Waals surface area contributed by atoms with Crippen molar-refractivity contribution in [3.8, 4) is 11.8 Å². The number of rotatable bonds is 4. The van der Waals surface area contributed by atoms with Crippen molar-refractivity contribution in [3.05, 3.63) is 35.9 Å². The minimum absolute atomic E-state index is 0.355. The van der Waals surface area contributed by atoms with Gasteiger partial charge in [-0.2, -0.15) is 0 Å². The summed E-state index contributed by atoms with van der Waals surface area (Å²) in [6.45, 7) is 2.73. The lowest BCUT2D eigenvalue weighted by Gasteiger charge is -1.99. The van der Waals surface area contributed by atoms with Crippen LogP contribution in [0.4, 0.5) is 0 Å². The molecule has 2 heteroatoms. The molecule has 2 nitrogen and oxygen atoms in total. The van der Waals surface area contributed by atoms with E-state index in [0.29, 0.717) is 19.6 Å². The predicted molar refractivity (Wildman–Crippen MR) is 60.2 cm³/mol. The van der Waals surface area contributed by atoms with Crippen LogP contribution in [-0.4, -0.2) is 17.8 Å². The van der Waals surface area contributed by atoms with Gasteiger partial charge in [-0.05, 0) is 12.5 Å². The molecule has 0 aliphatic rings. The number of benzene rings is 1. The van der Waals surface area contributed by atoms with Gasteiger partial charge in [-0.25, -0.2) is 0 Å². The average Bonchev–Trinajstić information content (AvgIpc) is 2.24. The number of hydrogen-bond acceptors (Lipinski definition) is 2. The zero-order valence-corrected chi connectivity index (χ0v) is 8.94. The van der Waals surface area contributed by atoms with Crippen molar-refractivity contribution >= 4 is 0 Å². The van der Waals surface area contributed by atoms with Crippen molar-refractivity contribution in [2.45, 2.75) is 26.1 Å². The molecule has 1 aromatic rings. The highest BCUT2D eigenvalue weighted by molar-refractivity contribution is 5.13. The highest BCUT2D eigenvalue weighted by Crippen LogP contribution is 1.99. The summed E-state index contributed by atoms with van der Waals surface area (Å²) in [6, 6.07) is 9.98. The molecule has 0 saturated carbocycles. The molecule has 0 saturated heterocycles. The summed E-state index contributed by atoms with van der Waals surface area (Å²) in [5.74, 6) is 5.70. The van der Waals surface area contributed by atoms with E-state index < -0.39 is 0 Å². The summed E-state index contributed by atoms with van der Waals surface area (Å²) in [5, 5.41) is 8.94. The Bertz CT molecular complexity index is 319. The average molecular weight is 204 g/mol. The second-order valence-electron chi connectivity index (χ2n) is 3.39. The fourth-order valence-corrected chi connectivity index (χ4v) is 1.07. The maximum atomic E-state index is 8.94. The first-order valence-electron chi connectivity index (χ1n) is 5.04. The fraction of sp³-hybridized carbons (Fsp3) is 0.385. The Morgan fingerprint density at radius 2 is 2.00 bits per heavy atom. The number of hydrogen-bond donors (Lipinski definition) is 1. The molecule has 1 aromatic carbocycles. The third kappa shape index (κ3) is 5.90. The molecule has 1 rings (SSSR count). The normalized spacial score (nSPS) is 11.6. The van der Waals surface area contributed by atoms with E-state index in [1.165, 1.54) is 0 Å². The lowest BCUT2D eigenvalue weighted by atomic mass is 10.2. The van der Waals surface area contributed by atoms with E-state index in [4.69, 9.17) is 9.84 Å². The first-order valence-corrected chi connectivity index (χ1v) is 5.04. The largest absolute Gasteiger partial charge is 0.392 e. The second kappa shape index (κ2) is 7.05. The summed E-state index contributed by atoms with van der Waals surface area (Å²) in [5.41, 5.74) is 1.15. The quantitative estimate of drug-likeness (QED) is 0.600. The number of aliphatic hydroxyl groups excluding tert-OH is 1. The lowest BCUT2D eigenvalue weighted by Crippen LogP contribution is -1.97. The Hall–Kier alpha value is -1.30. The molecule has 1 atom stereocenters. The molecule has 0 bridgehead atoms. The van der Waals surface area contributed by atoms with E-state index in [9.17, 15) is 0 Å².